The Morgan fingerprint density at radius 1 is 1.25 bits per heavy atom. The third-order valence-corrected chi connectivity index (χ3v) is 3.95. The standard InChI is InChI=1S/C15H10FNO2S/c16-11-4-5-12-13(8-11)20-15(17-12)10-3-1-2-9(6-10)7-14(18)19/h1-6,8H,7H2,(H,18,19). The van der Waals surface area contributed by atoms with E-state index in [-0.39, 0.29) is 12.2 Å². The second-order valence-corrected chi connectivity index (χ2v) is 5.43. The highest BCUT2D eigenvalue weighted by atomic mass is 32.1. The molecule has 0 unspecified atom stereocenters. The monoisotopic (exact) mass is 287 g/mol. The van der Waals surface area contributed by atoms with Crippen molar-refractivity contribution in [3.05, 3.63) is 53.8 Å². The number of carbonyl (C=O) groups is 1. The van der Waals surface area contributed by atoms with Gasteiger partial charge in [-0.05, 0) is 29.8 Å². The molecule has 3 nitrogen and oxygen atoms in total. The van der Waals surface area contributed by atoms with Crippen LogP contribution in [0.15, 0.2) is 42.5 Å². The number of halogens is 1. The van der Waals surface area contributed by atoms with Gasteiger partial charge in [0.1, 0.15) is 10.8 Å². The molecule has 1 aromatic heterocycles. The van der Waals surface area contributed by atoms with Crippen molar-refractivity contribution in [3.63, 3.8) is 0 Å². The first-order valence-electron chi connectivity index (χ1n) is 5.99. The van der Waals surface area contributed by atoms with Gasteiger partial charge in [0.2, 0.25) is 0 Å². The third-order valence-electron chi connectivity index (χ3n) is 2.88. The number of rotatable bonds is 3. The summed E-state index contributed by atoms with van der Waals surface area (Å²) in [5.41, 5.74) is 2.32. The van der Waals surface area contributed by atoms with Gasteiger partial charge in [-0.2, -0.15) is 0 Å². The Kier molecular flexibility index (Phi) is 3.20. The number of benzene rings is 2. The molecule has 3 aromatic rings. The van der Waals surface area contributed by atoms with Gasteiger partial charge in [-0.1, -0.05) is 18.2 Å². The van der Waals surface area contributed by atoms with Crippen molar-refractivity contribution in [1.29, 1.82) is 0 Å². The number of carboxylic acids is 1. The van der Waals surface area contributed by atoms with Crippen LogP contribution in [0, 0.1) is 5.82 Å². The minimum absolute atomic E-state index is 0.0205. The van der Waals surface area contributed by atoms with E-state index in [0.29, 0.717) is 0 Å². The van der Waals surface area contributed by atoms with Crippen molar-refractivity contribution in [2.45, 2.75) is 6.42 Å². The van der Waals surface area contributed by atoms with E-state index in [1.54, 1.807) is 18.2 Å². The Morgan fingerprint density at radius 3 is 2.90 bits per heavy atom. The predicted molar refractivity (Wildman–Crippen MR) is 76.4 cm³/mol. The molecule has 3 rings (SSSR count). The maximum atomic E-state index is 13.2. The summed E-state index contributed by atoms with van der Waals surface area (Å²) < 4.78 is 14.0. The Morgan fingerprint density at radius 2 is 2.10 bits per heavy atom. The molecule has 0 amide bonds. The van der Waals surface area contributed by atoms with E-state index in [1.165, 1.54) is 23.5 Å². The number of aromatic nitrogens is 1. The highest BCUT2D eigenvalue weighted by Gasteiger charge is 2.08. The Labute approximate surface area is 118 Å². The molecule has 0 saturated carbocycles. The van der Waals surface area contributed by atoms with Gasteiger partial charge >= 0.3 is 5.97 Å². The van der Waals surface area contributed by atoms with Crippen molar-refractivity contribution in [2.24, 2.45) is 0 Å². The van der Waals surface area contributed by atoms with Crippen molar-refractivity contribution in [2.75, 3.05) is 0 Å². The Hall–Kier alpha value is -2.27. The van der Waals surface area contributed by atoms with E-state index < -0.39 is 5.97 Å². The van der Waals surface area contributed by atoms with E-state index in [9.17, 15) is 9.18 Å². The summed E-state index contributed by atoms with van der Waals surface area (Å²) in [4.78, 5) is 15.2. The van der Waals surface area contributed by atoms with Gasteiger partial charge in [-0.25, -0.2) is 9.37 Å². The van der Waals surface area contributed by atoms with Crippen LogP contribution in [0.4, 0.5) is 4.39 Å². The predicted octanol–water partition coefficient (Wildman–Crippen LogP) is 3.73. The topological polar surface area (TPSA) is 50.2 Å². The van der Waals surface area contributed by atoms with Crippen molar-refractivity contribution in [1.82, 2.24) is 4.98 Å². The highest BCUT2D eigenvalue weighted by Crippen LogP contribution is 2.30. The van der Waals surface area contributed by atoms with Crippen LogP contribution in [-0.2, 0) is 11.2 Å². The number of hydrogen-bond donors (Lipinski definition) is 1. The Bertz CT molecular complexity index is 797. The van der Waals surface area contributed by atoms with Crippen LogP contribution in [0.5, 0.6) is 0 Å². The Balaban J connectivity index is 2.03. The molecule has 2 aromatic carbocycles. The van der Waals surface area contributed by atoms with Gasteiger partial charge in [-0.15, -0.1) is 11.3 Å². The number of hydrogen-bond acceptors (Lipinski definition) is 3. The zero-order valence-corrected chi connectivity index (χ0v) is 11.2. The number of fused-ring (bicyclic) bond motifs is 1. The smallest absolute Gasteiger partial charge is 0.307 e. The second-order valence-electron chi connectivity index (χ2n) is 4.40. The van der Waals surface area contributed by atoms with Crippen molar-refractivity contribution >= 4 is 27.5 Å². The molecule has 0 atom stereocenters. The van der Waals surface area contributed by atoms with E-state index in [4.69, 9.17) is 5.11 Å². The fourth-order valence-corrected chi connectivity index (χ4v) is 3.00. The van der Waals surface area contributed by atoms with Gasteiger partial charge in [0.25, 0.3) is 0 Å². The van der Waals surface area contributed by atoms with Crippen molar-refractivity contribution < 1.29 is 14.3 Å². The summed E-state index contributed by atoms with van der Waals surface area (Å²) in [6.07, 6.45) is -0.0205. The first-order chi connectivity index (χ1) is 9.61. The summed E-state index contributed by atoms with van der Waals surface area (Å²) in [7, 11) is 0. The first-order valence-corrected chi connectivity index (χ1v) is 6.81. The summed E-state index contributed by atoms with van der Waals surface area (Å²) in [5, 5.41) is 9.58. The lowest BCUT2D eigenvalue weighted by Gasteiger charge is -2.00. The quantitative estimate of drug-likeness (QED) is 0.798. The number of carboxylic acid groups (broad SMARTS) is 1. The lowest BCUT2D eigenvalue weighted by atomic mass is 10.1. The van der Waals surface area contributed by atoms with Crippen LogP contribution < -0.4 is 0 Å². The second kappa shape index (κ2) is 5.02. The summed E-state index contributed by atoms with van der Waals surface area (Å²) >= 11 is 1.39. The third kappa shape index (κ3) is 2.53. The van der Waals surface area contributed by atoms with E-state index in [2.05, 4.69) is 4.98 Å². The van der Waals surface area contributed by atoms with E-state index in [1.807, 2.05) is 12.1 Å². The lowest BCUT2D eigenvalue weighted by molar-refractivity contribution is -0.136. The molecule has 1 heterocycles. The lowest BCUT2D eigenvalue weighted by Crippen LogP contribution is -1.99. The SMILES string of the molecule is O=C(O)Cc1cccc(-c2nc3ccc(F)cc3s2)c1. The van der Waals surface area contributed by atoms with Gasteiger partial charge in [-0.3, -0.25) is 4.79 Å². The molecule has 5 heteroatoms. The number of thiazole rings is 1. The zero-order valence-electron chi connectivity index (χ0n) is 10.3. The normalized spacial score (nSPS) is 10.8. The van der Waals surface area contributed by atoms with Crippen LogP contribution >= 0.6 is 11.3 Å². The molecule has 0 fully saturated rings. The average Bonchev–Trinajstić information content (AvgIpc) is 2.81. The maximum Gasteiger partial charge on any atom is 0.307 e. The minimum atomic E-state index is -0.867. The molecule has 1 N–H and O–H groups in total. The fraction of sp³-hybridized carbons (Fsp3) is 0.0667. The largest absolute Gasteiger partial charge is 0.481 e. The van der Waals surface area contributed by atoms with E-state index >= 15 is 0 Å². The fourth-order valence-electron chi connectivity index (χ4n) is 2.01. The molecular weight excluding hydrogens is 277 g/mol. The molecule has 0 aliphatic heterocycles. The molecule has 20 heavy (non-hydrogen) atoms. The number of nitrogens with zero attached hydrogens (tertiary/aromatic N) is 1. The van der Waals surface area contributed by atoms with Crippen LogP contribution in [0.25, 0.3) is 20.8 Å². The molecule has 100 valence electrons. The zero-order chi connectivity index (χ0) is 14.1. The molecule has 0 saturated heterocycles. The van der Waals surface area contributed by atoms with Gasteiger partial charge in [0.05, 0.1) is 16.6 Å². The van der Waals surface area contributed by atoms with E-state index in [0.717, 1.165) is 26.4 Å². The van der Waals surface area contributed by atoms with Crippen LogP contribution in [0.2, 0.25) is 0 Å². The molecule has 0 aliphatic carbocycles. The minimum Gasteiger partial charge on any atom is -0.481 e. The molecule has 0 bridgehead atoms. The van der Waals surface area contributed by atoms with Gasteiger partial charge in [0.15, 0.2) is 0 Å². The first kappa shape index (κ1) is 12.7. The van der Waals surface area contributed by atoms with Crippen LogP contribution in [0.1, 0.15) is 5.56 Å². The number of aliphatic carboxylic acids is 1. The van der Waals surface area contributed by atoms with Crippen LogP contribution in [-0.4, -0.2) is 16.1 Å². The maximum absolute atomic E-state index is 13.2. The average molecular weight is 287 g/mol. The van der Waals surface area contributed by atoms with Crippen molar-refractivity contribution in [3.8, 4) is 10.6 Å². The van der Waals surface area contributed by atoms with Gasteiger partial charge < -0.3 is 5.11 Å². The highest BCUT2D eigenvalue weighted by molar-refractivity contribution is 7.21. The molecular formula is C15H10FNO2S. The summed E-state index contributed by atoms with van der Waals surface area (Å²) in [5.74, 6) is -1.15. The van der Waals surface area contributed by atoms with Gasteiger partial charge in [0, 0.05) is 5.56 Å². The molecule has 0 aliphatic rings. The summed E-state index contributed by atoms with van der Waals surface area (Å²) in [6, 6.07) is 11.7. The summed E-state index contributed by atoms with van der Waals surface area (Å²) in [6.45, 7) is 0. The molecule has 0 radical (unpaired) electrons. The van der Waals surface area contributed by atoms with Crippen LogP contribution in [0.3, 0.4) is 0 Å². The molecule has 0 spiro atoms.